The van der Waals surface area contributed by atoms with Crippen LogP contribution < -0.4 is 10.2 Å². The Balaban J connectivity index is 5.09. The summed E-state index contributed by atoms with van der Waals surface area (Å²) in [5.74, 6) is -0.585. The molecule has 83 heavy (non-hydrogen) atoms. The molecule has 0 spiro atoms. The summed E-state index contributed by atoms with van der Waals surface area (Å²) in [6.45, 7) is 6.72. The number of phosphoric ester groups is 1. The molecule has 0 aromatic carbocycles. The number of nitrogens with zero attached hydrogens (tertiary/aromatic N) is 1. The number of allylic oxidation sites excluding steroid dienone is 13. The van der Waals surface area contributed by atoms with Crippen LogP contribution in [0.3, 0.4) is 0 Å². The summed E-state index contributed by atoms with van der Waals surface area (Å²) in [5, 5.41) is 3.01. The average Bonchev–Trinajstić information content (AvgIpc) is 3.51. The first-order valence-corrected chi connectivity index (χ1v) is 36.4. The summed E-state index contributed by atoms with van der Waals surface area (Å²) in [4.78, 5) is 40.1. The van der Waals surface area contributed by atoms with Crippen molar-refractivity contribution < 1.29 is 37.3 Å². The van der Waals surface area contributed by atoms with E-state index in [4.69, 9.17) is 13.8 Å². The van der Waals surface area contributed by atoms with Gasteiger partial charge in [-0.05, 0) is 83.1 Å². The van der Waals surface area contributed by atoms with Gasteiger partial charge in [0.05, 0.1) is 33.8 Å². The first-order chi connectivity index (χ1) is 40.4. The molecular formula is C73H133N2O7P. The van der Waals surface area contributed by atoms with Crippen LogP contribution in [-0.2, 0) is 27.9 Å². The Morgan fingerprint density at radius 3 is 1.17 bits per heavy atom. The van der Waals surface area contributed by atoms with Gasteiger partial charge in [0.1, 0.15) is 19.3 Å². The van der Waals surface area contributed by atoms with Gasteiger partial charge in [-0.15, -0.1) is 0 Å². The van der Waals surface area contributed by atoms with Crippen molar-refractivity contribution >= 4 is 19.7 Å². The van der Waals surface area contributed by atoms with Crippen LogP contribution in [0.4, 0.5) is 0 Å². The lowest BCUT2D eigenvalue weighted by Gasteiger charge is -2.30. The molecule has 0 aromatic rings. The lowest BCUT2D eigenvalue weighted by Crippen LogP contribution is -2.47. The molecule has 0 bridgehead atoms. The van der Waals surface area contributed by atoms with Gasteiger partial charge >= 0.3 is 5.97 Å². The van der Waals surface area contributed by atoms with E-state index in [2.05, 4.69) is 99.0 Å². The molecule has 0 aliphatic heterocycles. The first kappa shape index (κ1) is 80.2. The molecule has 1 amide bonds. The number of phosphoric acid groups is 1. The number of carbonyl (C=O) groups excluding carboxylic acids is 2. The third kappa shape index (κ3) is 63.5. The van der Waals surface area contributed by atoms with Crippen LogP contribution >= 0.6 is 7.82 Å². The molecular weight excluding hydrogens is 1050 g/mol. The van der Waals surface area contributed by atoms with Gasteiger partial charge in [-0.25, -0.2) is 0 Å². The quantitative estimate of drug-likeness (QED) is 0.0212. The van der Waals surface area contributed by atoms with E-state index >= 15 is 0 Å². The van der Waals surface area contributed by atoms with Crippen LogP contribution in [0.15, 0.2) is 85.1 Å². The van der Waals surface area contributed by atoms with Crippen LogP contribution in [0, 0.1) is 0 Å². The first-order valence-electron chi connectivity index (χ1n) is 34.9. The standard InChI is InChI=1S/C73H133N2O7P/c1-7-10-13-16-19-22-25-27-29-31-33-35-36-37-38-40-42-44-46-48-51-54-57-60-63-66-73(77)82-71(64-61-58-55-52-49-24-21-18-15-12-9-3)70(69-81-83(78,79)80-68-67-75(4,5)6)74-72(76)65-62-59-56-53-50-47-45-43-41-39-34-32-30-28-26-23-20-17-14-11-8-2/h11,14,20,23,28,30,34,39,43,45,50,53,61,64,70-71H,7-10,12-13,15-19,21-22,24-27,29,31-33,35-38,40-42,44,46-49,51-52,54-60,62-63,65-69H2,1-6H3,(H-,74,76,78,79)/b14-11-,23-20-,30-28-,39-34-,45-43-,53-50-,64-61+. The number of ether oxygens (including phenoxy) is 1. The van der Waals surface area contributed by atoms with Gasteiger partial charge in [0.15, 0.2) is 0 Å². The van der Waals surface area contributed by atoms with E-state index in [1.54, 1.807) is 0 Å². The van der Waals surface area contributed by atoms with Gasteiger partial charge in [0.25, 0.3) is 7.82 Å². The van der Waals surface area contributed by atoms with Crippen molar-refractivity contribution in [2.45, 2.75) is 328 Å². The smallest absolute Gasteiger partial charge is 0.306 e. The SMILES string of the molecule is CC/C=C\C/C=C\C/C=C\C/C=C\C/C=C\C/C=C\CCCCC(=O)NC(COP(=O)([O-])OCC[N+](C)(C)C)C(/C=C/CCCCCCCCCCC)OC(=O)CCCCCCCCCCCCCCCCCCCCCCCCCCC. The number of carbonyl (C=O) groups is 2. The van der Waals surface area contributed by atoms with Crippen molar-refractivity contribution in [1.82, 2.24) is 5.32 Å². The molecule has 0 radical (unpaired) electrons. The lowest BCUT2D eigenvalue weighted by molar-refractivity contribution is -0.870. The molecule has 1 N–H and O–H groups in total. The fourth-order valence-corrected chi connectivity index (χ4v) is 10.7. The van der Waals surface area contributed by atoms with Crippen LogP contribution in [-0.4, -0.2) is 69.4 Å². The molecule has 482 valence electrons. The third-order valence-corrected chi connectivity index (χ3v) is 16.3. The van der Waals surface area contributed by atoms with Crippen LogP contribution in [0.25, 0.3) is 0 Å². The summed E-state index contributed by atoms with van der Waals surface area (Å²) >= 11 is 0. The minimum absolute atomic E-state index is 0.0330. The molecule has 9 nitrogen and oxygen atoms in total. The van der Waals surface area contributed by atoms with E-state index in [1.165, 1.54) is 186 Å². The van der Waals surface area contributed by atoms with Crippen molar-refractivity contribution in [3.8, 4) is 0 Å². The second kappa shape index (κ2) is 62.2. The molecule has 0 aliphatic carbocycles. The number of rotatable bonds is 63. The summed E-state index contributed by atoms with van der Waals surface area (Å²) in [6.07, 6.45) is 83.0. The number of hydrogen-bond donors (Lipinski definition) is 1. The Kier molecular flexibility index (Phi) is 60.1. The van der Waals surface area contributed by atoms with Crippen molar-refractivity contribution in [1.29, 1.82) is 0 Å². The Hall–Kier alpha value is -2.81. The van der Waals surface area contributed by atoms with Crippen LogP contribution in [0.2, 0.25) is 0 Å². The maximum Gasteiger partial charge on any atom is 0.306 e. The summed E-state index contributed by atoms with van der Waals surface area (Å²) in [6, 6.07) is -0.914. The maximum atomic E-state index is 13.6. The van der Waals surface area contributed by atoms with Gasteiger partial charge < -0.3 is 28.5 Å². The predicted octanol–water partition coefficient (Wildman–Crippen LogP) is 21.5. The van der Waals surface area contributed by atoms with E-state index in [0.29, 0.717) is 17.4 Å². The highest BCUT2D eigenvalue weighted by atomic mass is 31.2. The number of quaternary nitrogens is 1. The normalized spacial score (nSPS) is 14.1. The molecule has 10 heteroatoms. The number of unbranched alkanes of at least 4 members (excludes halogenated alkanes) is 35. The molecule has 0 saturated carbocycles. The molecule has 0 fully saturated rings. The number of amides is 1. The second-order valence-corrected chi connectivity index (χ2v) is 26.1. The fourth-order valence-electron chi connectivity index (χ4n) is 10.00. The molecule has 3 unspecified atom stereocenters. The van der Waals surface area contributed by atoms with E-state index in [0.717, 1.165) is 89.9 Å². The number of hydrogen-bond acceptors (Lipinski definition) is 7. The Morgan fingerprint density at radius 2 is 0.771 bits per heavy atom. The monoisotopic (exact) mass is 1180 g/mol. The Bertz CT molecular complexity index is 1700. The van der Waals surface area contributed by atoms with Crippen molar-refractivity contribution in [2.75, 3.05) is 40.9 Å². The molecule has 0 aliphatic rings. The van der Waals surface area contributed by atoms with Crippen molar-refractivity contribution in [2.24, 2.45) is 0 Å². The third-order valence-electron chi connectivity index (χ3n) is 15.3. The van der Waals surface area contributed by atoms with Gasteiger partial charge in [-0.3, -0.25) is 14.2 Å². The molecule has 0 saturated heterocycles. The maximum absolute atomic E-state index is 13.6. The topological polar surface area (TPSA) is 114 Å². The van der Waals surface area contributed by atoms with Gasteiger partial charge in [-0.1, -0.05) is 305 Å². The van der Waals surface area contributed by atoms with Crippen molar-refractivity contribution in [3.63, 3.8) is 0 Å². The largest absolute Gasteiger partial charge is 0.756 e. The Morgan fingerprint density at radius 1 is 0.434 bits per heavy atom. The number of likely N-dealkylation sites (N-methyl/N-ethyl adjacent to an activating group) is 1. The average molecular weight is 1180 g/mol. The zero-order valence-electron chi connectivity index (χ0n) is 55.1. The van der Waals surface area contributed by atoms with E-state index in [-0.39, 0.29) is 31.3 Å². The molecule has 0 heterocycles. The number of nitrogens with one attached hydrogen (secondary N) is 1. The highest BCUT2D eigenvalue weighted by Gasteiger charge is 2.27. The molecule has 3 atom stereocenters. The summed E-state index contributed by atoms with van der Waals surface area (Å²) < 4.78 is 30.4. The molecule has 0 rings (SSSR count). The minimum atomic E-state index is -4.72. The second-order valence-electron chi connectivity index (χ2n) is 24.7. The van der Waals surface area contributed by atoms with E-state index < -0.39 is 26.6 Å². The minimum Gasteiger partial charge on any atom is -0.756 e. The predicted molar refractivity (Wildman–Crippen MR) is 358 cm³/mol. The van der Waals surface area contributed by atoms with Gasteiger partial charge in [0, 0.05) is 12.8 Å². The summed E-state index contributed by atoms with van der Waals surface area (Å²) in [7, 11) is 1.16. The van der Waals surface area contributed by atoms with Crippen molar-refractivity contribution in [3.05, 3.63) is 85.1 Å². The van der Waals surface area contributed by atoms with Crippen LogP contribution in [0.1, 0.15) is 316 Å². The zero-order valence-corrected chi connectivity index (χ0v) is 56.0. The van der Waals surface area contributed by atoms with Gasteiger partial charge in [-0.2, -0.15) is 0 Å². The lowest BCUT2D eigenvalue weighted by atomic mass is 10.0. The molecule has 0 aromatic heterocycles. The Labute approximate surface area is 514 Å². The summed E-state index contributed by atoms with van der Waals surface area (Å²) in [5.41, 5.74) is 0. The highest BCUT2D eigenvalue weighted by molar-refractivity contribution is 7.45. The fraction of sp³-hybridized carbons (Fsp3) is 0.781. The van der Waals surface area contributed by atoms with Crippen LogP contribution in [0.5, 0.6) is 0 Å². The van der Waals surface area contributed by atoms with Gasteiger partial charge in [0.2, 0.25) is 5.91 Å². The van der Waals surface area contributed by atoms with E-state index in [1.807, 2.05) is 33.3 Å². The number of esters is 1. The highest BCUT2D eigenvalue weighted by Crippen LogP contribution is 2.38. The zero-order chi connectivity index (χ0) is 60.7. The van der Waals surface area contributed by atoms with E-state index in [9.17, 15) is 19.0 Å².